The number of hydrogen-bond donors (Lipinski definition) is 1. The van der Waals surface area contributed by atoms with E-state index in [-0.39, 0.29) is 11.9 Å². The van der Waals surface area contributed by atoms with Crippen LogP contribution in [0.5, 0.6) is 5.75 Å². The van der Waals surface area contributed by atoms with Crippen LogP contribution in [0.15, 0.2) is 36.5 Å². The second-order valence-corrected chi connectivity index (χ2v) is 5.64. The number of benzene rings is 1. The maximum Gasteiger partial charge on any atom is 0.227 e. The van der Waals surface area contributed by atoms with Crippen LogP contribution in [0.4, 0.5) is 0 Å². The lowest BCUT2D eigenvalue weighted by Gasteiger charge is -2.35. The SMILES string of the molecule is COc1ccc(CC(=O)N2CCCCC2c2ccn[nH]2)cc1. The highest BCUT2D eigenvalue weighted by atomic mass is 16.5. The number of aromatic amines is 1. The Hall–Kier alpha value is -2.30. The topological polar surface area (TPSA) is 58.2 Å². The first-order valence-corrected chi connectivity index (χ1v) is 7.69. The van der Waals surface area contributed by atoms with Gasteiger partial charge in [0.2, 0.25) is 5.91 Å². The van der Waals surface area contributed by atoms with Crippen molar-refractivity contribution in [1.29, 1.82) is 0 Å². The van der Waals surface area contributed by atoms with Crippen molar-refractivity contribution in [1.82, 2.24) is 15.1 Å². The number of ether oxygens (including phenoxy) is 1. The summed E-state index contributed by atoms with van der Waals surface area (Å²) in [4.78, 5) is 14.7. The monoisotopic (exact) mass is 299 g/mol. The summed E-state index contributed by atoms with van der Waals surface area (Å²) in [7, 11) is 1.64. The normalized spacial score (nSPS) is 18.2. The van der Waals surface area contributed by atoms with E-state index < -0.39 is 0 Å². The molecule has 1 aromatic heterocycles. The minimum atomic E-state index is 0.127. The number of rotatable bonds is 4. The fourth-order valence-electron chi connectivity index (χ4n) is 3.03. The fourth-order valence-corrected chi connectivity index (χ4v) is 3.03. The summed E-state index contributed by atoms with van der Waals surface area (Å²) < 4.78 is 5.15. The van der Waals surface area contributed by atoms with Gasteiger partial charge in [-0.25, -0.2) is 0 Å². The van der Waals surface area contributed by atoms with Crippen molar-refractivity contribution in [2.75, 3.05) is 13.7 Å². The number of methoxy groups -OCH3 is 1. The molecule has 2 heterocycles. The maximum atomic E-state index is 12.7. The minimum Gasteiger partial charge on any atom is -0.497 e. The lowest BCUT2D eigenvalue weighted by molar-refractivity contribution is -0.134. The van der Waals surface area contributed by atoms with Gasteiger partial charge in [0.1, 0.15) is 5.75 Å². The molecule has 1 amide bonds. The predicted molar refractivity (Wildman–Crippen MR) is 83.6 cm³/mol. The van der Waals surface area contributed by atoms with Gasteiger partial charge >= 0.3 is 0 Å². The van der Waals surface area contributed by atoms with Gasteiger partial charge in [-0.3, -0.25) is 9.89 Å². The summed E-state index contributed by atoms with van der Waals surface area (Å²) in [6.45, 7) is 0.818. The number of nitrogens with one attached hydrogen (secondary N) is 1. The summed E-state index contributed by atoms with van der Waals surface area (Å²) in [5.74, 6) is 0.981. The molecule has 1 saturated heterocycles. The molecule has 1 atom stereocenters. The Kier molecular flexibility index (Phi) is 4.42. The predicted octanol–water partition coefficient (Wildman–Crippen LogP) is 2.71. The number of nitrogens with zero attached hydrogens (tertiary/aromatic N) is 2. The number of aromatic nitrogens is 2. The van der Waals surface area contributed by atoms with Crippen molar-refractivity contribution in [2.45, 2.75) is 31.7 Å². The van der Waals surface area contributed by atoms with Crippen LogP contribution in [0.3, 0.4) is 0 Å². The number of amides is 1. The van der Waals surface area contributed by atoms with Crippen molar-refractivity contribution in [2.24, 2.45) is 0 Å². The van der Waals surface area contributed by atoms with Gasteiger partial charge in [0.15, 0.2) is 0 Å². The first kappa shape index (κ1) is 14.6. The highest BCUT2D eigenvalue weighted by molar-refractivity contribution is 5.79. The van der Waals surface area contributed by atoms with Crippen LogP contribution >= 0.6 is 0 Å². The van der Waals surface area contributed by atoms with Gasteiger partial charge in [0.05, 0.1) is 25.3 Å². The van der Waals surface area contributed by atoms with Gasteiger partial charge in [-0.2, -0.15) is 5.10 Å². The first-order chi connectivity index (χ1) is 10.8. The van der Waals surface area contributed by atoms with Crippen LogP contribution in [-0.2, 0) is 11.2 Å². The van der Waals surface area contributed by atoms with E-state index >= 15 is 0 Å². The van der Waals surface area contributed by atoms with Gasteiger partial charge in [-0.05, 0) is 43.0 Å². The van der Waals surface area contributed by atoms with Crippen LogP contribution in [0.2, 0.25) is 0 Å². The van der Waals surface area contributed by atoms with Crippen molar-refractivity contribution in [3.8, 4) is 5.75 Å². The molecule has 0 saturated carbocycles. The second-order valence-electron chi connectivity index (χ2n) is 5.64. The molecule has 5 nitrogen and oxygen atoms in total. The van der Waals surface area contributed by atoms with Gasteiger partial charge in [-0.15, -0.1) is 0 Å². The third-order valence-corrected chi connectivity index (χ3v) is 4.22. The number of hydrogen-bond acceptors (Lipinski definition) is 3. The molecule has 0 bridgehead atoms. The van der Waals surface area contributed by atoms with E-state index in [4.69, 9.17) is 4.74 Å². The fraction of sp³-hybridized carbons (Fsp3) is 0.412. The molecule has 1 N–H and O–H groups in total. The molecular weight excluding hydrogens is 278 g/mol. The lowest BCUT2D eigenvalue weighted by Crippen LogP contribution is -2.39. The van der Waals surface area contributed by atoms with Gasteiger partial charge in [0.25, 0.3) is 0 Å². The molecule has 3 rings (SSSR count). The van der Waals surface area contributed by atoms with E-state index in [1.165, 1.54) is 0 Å². The van der Waals surface area contributed by atoms with E-state index in [1.54, 1.807) is 13.3 Å². The number of H-pyrrole nitrogens is 1. The summed E-state index contributed by atoms with van der Waals surface area (Å²) in [5, 5.41) is 7.03. The molecule has 1 aliphatic rings. The van der Waals surface area contributed by atoms with Crippen LogP contribution < -0.4 is 4.74 Å². The highest BCUT2D eigenvalue weighted by Crippen LogP contribution is 2.30. The zero-order valence-corrected chi connectivity index (χ0v) is 12.8. The Bertz CT molecular complexity index is 607. The lowest BCUT2D eigenvalue weighted by atomic mass is 9.98. The van der Waals surface area contributed by atoms with E-state index in [0.717, 1.165) is 42.8 Å². The highest BCUT2D eigenvalue weighted by Gasteiger charge is 2.28. The molecule has 1 aromatic carbocycles. The number of likely N-dealkylation sites (tertiary alicyclic amines) is 1. The molecule has 1 unspecified atom stereocenters. The summed E-state index contributed by atoms with van der Waals surface area (Å²) >= 11 is 0. The smallest absolute Gasteiger partial charge is 0.227 e. The van der Waals surface area contributed by atoms with Crippen molar-refractivity contribution in [3.05, 3.63) is 47.8 Å². The van der Waals surface area contributed by atoms with Crippen molar-refractivity contribution >= 4 is 5.91 Å². The molecule has 22 heavy (non-hydrogen) atoms. The van der Waals surface area contributed by atoms with Crippen molar-refractivity contribution < 1.29 is 9.53 Å². The molecule has 5 heteroatoms. The molecule has 0 aliphatic carbocycles. The molecule has 0 spiro atoms. The van der Waals surface area contributed by atoms with Crippen LogP contribution in [0.1, 0.15) is 36.6 Å². The summed E-state index contributed by atoms with van der Waals surface area (Å²) in [5.41, 5.74) is 2.04. The number of carbonyl (C=O) groups is 1. The van der Waals surface area contributed by atoms with Crippen molar-refractivity contribution in [3.63, 3.8) is 0 Å². The quantitative estimate of drug-likeness (QED) is 0.944. The Morgan fingerprint density at radius 1 is 1.32 bits per heavy atom. The second kappa shape index (κ2) is 6.64. The Labute approximate surface area is 130 Å². The molecule has 0 radical (unpaired) electrons. The molecule has 1 fully saturated rings. The van der Waals surface area contributed by atoms with E-state index in [9.17, 15) is 4.79 Å². The van der Waals surface area contributed by atoms with E-state index in [0.29, 0.717) is 6.42 Å². The van der Waals surface area contributed by atoms with Crippen LogP contribution in [0.25, 0.3) is 0 Å². The maximum absolute atomic E-state index is 12.7. The van der Waals surface area contributed by atoms with Gasteiger partial charge in [0, 0.05) is 12.7 Å². The number of carbonyl (C=O) groups excluding carboxylic acids is 1. The standard InChI is InChI=1S/C17H21N3O2/c1-22-14-7-5-13(6-8-14)12-17(21)20-11-3-2-4-16(20)15-9-10-18-19-15/h5-10,16H,2-4,11-12H2,1H3,(H,18,19). The van der Waals surface area contributed by atoms with Crippen LogP contribution in [0, 0.1) is 0 Å². The first-order valence-electron chi connectivity index (χ1n) is 7.69. The average molecular weight is 299 g/mol. The Morgan fingerprint density at radius 2 is 2.14 bits per heavy atom. The number of piperidine rings is 1. The summed E-state index contributed by atoms with van der Waals surface area (Å²) in [6, 6.07) is 9.78. The van der Waals surface area contributed by atoms with Crippen LogP contribution in [-0.4, -0.2) is 34.7 Å². The average Bonchev–Trinajstić information content (AvgIpc) is 3.10. The zero-order valence-electron chi connectivity index (χ0n) is 12.8. The van der Waals surface area contributed by atoms with Gasteiger partial charge in [-0.1, -0.05) is 12.1 Å². The summed E-state index contributed by atoms with van der Waals surface area (Å²) in [6.07, 6.45) is 5.39. The third-order valence-electron chi connectivity index (χ3n) is 4.22. The zero-order chi connectivity index (χ0) is 15.4. The van der Waals surface area contributed by atoms with E-state index in [2.05, 4.69) is 10.2 Å². The van der Waals surface area contributed by atoms with E-state index in [1.807, 2.05) is 35.2 Å². The largest absolute Gasteiger partial charge is 0.497 e. The molecule has 1 aliphatic heterocycles. The molecule has 2 aromatic rings. The Balaban J connectivity index is 1.71. The minimum absolute atomic E-state index is 0.127. The third kappa shape index (κ3) is 3.13. The molecule has 116 valence electrons. The van der Waals surface area contributed by atoms with Gasteiger partial charge < -0.3 is 9.64 Å². The molecular formula is C17H21N3O2. The Morgan fingerprint density at radius 3 is 2.82 bits per heavy atom.